The third kappa shape index (κ3) is 2.61. The van der Waals surface area contributed by atoms with Crippen LogP contribution < -0.4 is 10.6 Å². The number of piperidine rings is 1. The lowest BCUT2D eigenvalue weighted by Gasteiger charge is -2.35. The molecule has 2 N–H and O–H groups in total. The number of aromatic nitrogens is 2. The fraction of sp³-hybridized carbons (Fsp3) is 0.692. The largest absolute Gasteiger partial charge is 0.354 e. The van der Waals surface area contributed by atoms with Gasteiger partial charge in [-0.05, 0) is 32.1 Å². The predicted molar refractivity (Wildman–Crippen MR) is 70.0 cm³/mol. The molecule has 0 bridgehead atoms. The predicted octanol–water partition coefficient (Wildman–Crippen LogP) is 1.74. The highest BCUT2D eigenvalue weighted by atomic mass is 19.1. The van der Waals surface area contributed by atoms with Crippen molar-refractivity contribution in [1.82, 2.24) is 9.97 Å². The van der Waals surface area contributed by atoms with Gasteiger partial charge < -0.3 is 10.6 Å². The van der Waals surface area contributed by atoms with E-state index < -0.39 is 0 Å². The highest BCUT2D eigenvalue weighted by Crippen LogP contribution is 2.25. The zero-order valence-corrected chi connectivity index (χ0v) is 11.1. The Morgan fingerprint density at radius 1 is 1.56 bits per heavy atom. The minimum absolute atomic E-state index is 0.142. The van der Waals surface area contributed by atoms with E-state index in [1.165, 1.54) is 6.33 Å². The lowest BCUT2D eigenvalue weighted by atomic mass is 9.92. The van der Waals surface area contributed by atoms with Gasteiger partial charge in [-0.3, -0.25) is 0 Å². The van der Waals surface area contributed by atoms with Gasteiger partial charge in [-0.15, -0.1) is 0 Å². The average Bonchev–Trinajstić information content (AvgIpc) is 2.39. The zero-order chi connectivity index (χ0) is 13.1. The summed E-state index contributed by atoms with van der Waals surface area (Å²) in [6.45, 7) is 5.55. The van der Waals surface area contributed by atoms with Crippen molar-refractivity contribution in [2.45, 2.75) is 39.2 Å². The molecule has 0 aliphatic carbocycles. The van der Waals surface area contributed by atoms with E-state index in [1.807, 2.05) is 18.7 Å². The maximum absolute atomic E-state index is 14.2. The van der Waals surface area contributed by atoms with E-state index in [1.54, 1.807) is 0 Å². The number of aryl methyl sites for hydroxylation is 1. The second-order valence-corrected chi connectivity index (χ2v) is 5.02. The normalized spacial score (nSPS) is 22.0. The van der Waals surface area contributed by atoms with Gasteiger partial charge in [-0.25, -0.2) is 14.4 Å². The van der Waals surface area contributed by atoms with E-state index >= 15 is 0 Å². The molecular formula is C13H21FN4. The van der Waals surface area contributed by atoms with Crippen molar-refractivity contribution in [2.75, 3.05) is 18.0 Å². The molecule has 1 aromatic rings. The first-order chi connectivity index (χ1) is 8.63. The molecule has 2 rings (SSSR count). The van der Waals surface area contributed by atoms with Gasteiger partial charge in [0, 0.05) is 19.1 Å². The van der Waals surface area contributed by atoms with Crippen LogP contribution in [-0.2, 0) is 6.42 Å². The summed E-state index contributed by atoms with van der Waals surface area (Å²) < 4.78 is 14.2. The van der Waals surface area contributed by atoms with Crippen molar-refractivity contribution < 1.29 is 4.39 Å². The number of nitrogens with zero attached hydrogens (tertiary/aromatic N) is 3. The summed E-state index contributed by atoms with van der Waals surface area (Å²) in [5.41, 5.74) is 6.44. The van der Waals surface area contributed by atoms with Gasteiger partial charge in [0.2, 0.25) is 0 Å². The molecule has 0 radical (unpaired) electrons. The Morgan fingerprint density at radius 2 is 2.33 bits per heavy atom. The fourth-order valence-electron chi connectivity index (χ4n) is 2.49. The summed E-state index contributed by atoms with van der Waals surface area (Å²) in [6.07, 6.45) is 4.19. The standard InChI is InChI=1S/C13H21FN4/c1-3-11-12(14)13(17-8-16-11)18-6-4-5-10(7-18)9(2)15/h8-10H,3-7,15H2,1-2H3. The number of hydrogen-bond acceptors (Lipinski definition) is 4. The number of anilines is 1. The van der Waals surface area contributed by atoms with Crippen LogP contribution in [0.3, 0.4) is 0 Å². The van der Waals surface area contributed by atoms with E-state index in [-0.39, 0.29) is 11.9 Å². The molecule has 5 heteroatoms. The minimum Gasteiger partial charge on any atom is -0.354 e. The SMILES string of the molecule is CCc1ncnc(N2CCCC(C(C)N)C2)c1F. The molecule has 18 heavy (non-hydrogen) atoms. The number of hydrogen-bond donors (Lipinski definition) is 1. The lowest BCUT2D eigenvalue weighted by Crippen LogP contribution is -2.43. The van der Waals surface area contributed by atoms with E-state index in [9.17, 15) is 4.39 Å². The smallest absolute Gasteiger partial charge is 0.187 e. The van der Waals surface area contributed by atoms with Gasteiger partial charge in [0.15, 0.2) is 11.6 Å². The molecule has 1 aliphatic rings. The molecule has 1 fully saturated rings. The molecule has 0 aromatic carbocycles. The van der Waals surface area contributed by atoms with Gasteiger partial charge in [0.1, 0.15) is 6.33 Å². The van der Waals surface area contributed by atoms with Crippen LogP contribution in [0.5, 0.6) is 0 Å². The van der Waals surface area contributed by atoms with Crippen LogP contribution >= 0.6 is 0 Å². The lowest BCUT2D eigenvalue weighted by molar-refractivity contribution is 0.360. The monoisotopic (exact) mass is 252 g/mol. The molecule has 0 saturated carbocycles. The molecular weight excluding hydrogens is 231 g/mol. The minimum atomic E-state index is -0.273. The maximum Gasteiger partial charge on any atom is 0.187 e. The van der Waals surface area contributed by atoms with Crippen LogP contribution in [0.25, 0.3) is 0 Å². The highest BCUT2D eigenvalue weighted by molar-refractivity contribution is 5.41. The summed E-state index contributed by atoms with van der Waals surface area (Å²) in [4.78, 5) is 10.1. The van der Waals surface area contributed by atoms with Gasteiger partial charge in [0.05, 0.1) is 5.69 Å². The molecule has 1 saturated heterocycles. The van der Waals surface area contributed by atoms with Crippen molar-refractivity contribution in [3.8, 4) is 0 Å². The third-order valence-corrected chi connectivity index (χ3v) is 3.68. The molecule has 1 aromatic heterocycles. The second kappa shape index (κ2) is 5.61. The van der Waals surface area contributed by atoms with Gasteiger partial charge in [0.25, 0.3) is 0 Å². The Bertz CT molecular complexity index is 408. The van der Waals surface area contributed by atoms with Crippen LogP contribution in [0.15, 0.2) is 6.33 Å². The van der Waals surface area contributed by atoms with E-state index in [0.29, 0.717) is 23.9 Å². The first-order valence-corrected chi connectivity index (χ1v) is 6.63. The van der Waals surface area contributed by atoms with Crippen molar-refractivity contribution in [3.05, 3.63) is 17.8 Å². The molecule has 100 valence electrons. The number of nitrogens with two attached hydrogens (primary N) is 1. The molecule has 0 spiro atoms. The Balaban J connectivity index is 2.20. The van der Waals surface area contributed by atoms with Crippen molar-refractivity contribution in [3.63, 3.8) is 0 Å². The summed E-state index contributed by atoms with van der Waals surface area (Å²) in [6, 6.07) is 0.142. The van der Waals surface area contributed by atoms with Gasteiger partial charge in [-0.1, -0.05) is 6.92 Å². The summed E-state index contributed by atoms with van der Waals surface area (Å²) in [5.74, 6) is 0.579. The first kappa shape index (κ1) is 13.2. The van der Waals surface area contributed by atoms with Crippen molar-refractivity contribution in [2.24, 2.45) is 11.7 Å². The van der Waals surface area contributed by atoms with Crippen LogP contribution in [-0.4, -0.2) is 29.1 Å². The number of rotatable bonds is 3. The first-order valence-electron chi connectivity index (χ1n) is 6.63. The van der Waals surface area contributed by atoms with Crippen LogP contribution in [0.2, 0.25) is 0 Å². The summed E-state index contributed by atoms with van der Waals surface area (Å²) >= 11 is 0. The Labute approximate surface area is 107 Å². The van der Waals surface area contributed by atoms with E-state index in [2.05, 4.69) is 9.97 Å². The molecule has 2 heterocycles. The van der Waals surface area contributed by atoms with Crippen molar-refractivity contribution in [1.29, 1.82) is 0 Å². The second-order valence-electron chi connectivity index (χ2n) is 5.02. The highest BCUT2D eigenvalue weighted by Gasteiger charge is 2.26. The average molecular weight is 252 g/mol. The quantitative estimate of drug-likeness (QED) is 0.890. The number of halogens is 1. The van der Waals surface area contributed by atoms with Crippen molar-refractivity contribution >= 4 is 5.82 Å². The zero-order valence-electron chi connectivity index (χ0n) is 11.1. The fourth-order valence-corrected chi connectivity index (χ4v) is 2.49. The Hall–Kier alpha value is -1.23. The molecule has 2 unspecified atom stereocenters. The van der Waals surface area contributed by atoms with Crippen LogP contribution in [0.1, 0.15) is 32.4 Å². The van der Waals surface area contributed by atoms with Gasteiger partial charge >= 0.3 is 0 Å². The summed E-state index contributed by atoms with van der Waals surface area (Å²) in [7, 11) is 0. The third-order valence-electron chi connectivity index (χ3n) is 3.68. The maximum atomic E-state index is 14.2. The molecule has 2 atom stereocenters. The Morgan fingerprint density at radius 3 is 3.00 bits per heavy atom. The summed E-state index contributed by atoms with van der Waals surface area (Å²) in [5, 5.41) is 0. The van der Waals surface area contributed by atoms with Crippen LogP contribution in [0.4, 0.5) is 10.2 Å². The topological polar surface area (TPSA) is 55.0 Å². The Kier molecular flexibility index (Phi) is 4.11. The van der Waals surface area contributed by atoms with E-state index in [4.69, 9.17) is 5.73 Å². The van der Waals surface area contributed by atoms with E-state index in [0.717, 1.165) is 25.9 Å². The molecule has 1 aliphatic heterocycles. The van der Waals surface area contributed by atoms with Gasteiger partial charge in [-0.2, -0.15) is 0 Å². The molecule has 0 amide bonds. The molecule has 4 nitrogen and oxygen atoms in total. The van der Waals surface area contributed by atoms with Crippen LogP contribution in [0, 0.1) is 11.7 Å².